The highest BCUT2D eigenvalue weighted by molar-refractivity contribution is 5.81. The predicted octanol–water partition coefficient (Wildman–Crippen LogP) is 1.72. The predicted molar refractivity (Wildman–Crippen MR) is 92.2 cm³/mol. The zero-order valence-electron chi connectivity index (χ0n) is 14.4. The molecular formula is C17H26N4O3. The van der Waals surface area contributed by atoms with Gasteiger partial charge < -0.3 is 15.3 Å². The number of carbonyl (C=O) groups excluding carboxylic acids is 1. The molecule has 0 spiro atoms. The van der Waals surface area contributed by atoms with Crippen LogP contribution in [0.1, 0.15) is 25.0 Å². The lowest BCUT2D eigenvalue weighted by molar-refractivity contribution is -0.121. The van der Waals surface area contributed by atoms with Gasteiger partial charge in [0.2, 0.25) is 5.91 Å². The zero-order chi connectivity index (χ0) is 17.5. The molecule has 24 heavy (non-hydrogen) atoms. The van der Waals surface area contributed by atoms with Crippen molar-refractivity contribution in [1.82, 2.24) is 15.2 Å². The number of anilines is 1. The Balaban J connectivity index is 1.80. The van der Waals surface area contributed by atoms with Crippen LogP contribution in [-0.4, -0.2) is 60.2 Å². The van der Waals surface area contributed by atoms with Crippen molar-refractivity contribution in [3.8, 4) is 0 Å². The molecule has 1 aliphatic heterocycles. The summed E-state index contributed by atoms with van der Waals surface area (Å²) < 4.78 is 0. The van der Waals surface area contributed by atoms with Crippen LogP contribution in [0.3, 0.4) is 0 Å². The highest BCUT2D eigenvalue weighted by Gasteiger charge is 2.22. The highest BCUT2D eigenvalue weighted by Crippen LogP contribution is 2.24. The van der Waals surface area contributed by atoms with Crippen molar-refractivity contribution in [1.29, 1.82) is 0 Å². The van der Waals surface area contributed by atoms with Crippen molar-refractivity contribution in [3.63, 3.8) is 0 Å². The standard InChI is InChI=1S/C17H26N4O3/c1-13-4-3-5-15(19-13)20-9-6-14(7-10-20)8-11-21(17(23)24)12-16(22)18-2/h3-5,14H,6-12H2,1-2H3,(H,18,22)(H,23,24). The van der Waals surface area contributed by atoms with E-state index in [0.717, 1.165) is 43.9 Å². The van der Waals surface area contributed by atoms with E-state index in [1.54, 1.807) is 0 Å². The van der Waals surface area contributed by atoms with Crippen molar-refractivity contribution in [2.75, 3.05) is 38.1 Å². The number of piperidine rings is 1. The van der Waals surface area contributed by atoms with Gasteiger partial charge in [-0.3, -0.25) is 9.69 Å². The van der Waals surface area contributed by atoms with Gasteiger partial charge in [-0.05, 0) is 44.2 Å². The number of nitrogens with one attached hydrogen (secondary N) is 1. The Morgan fingerprint density at radius 1 is 1.38 bits per heavy atom. The highest BCUT2D eigenvalue weighted by atomic mass is 16.4. The first-order valence-electron chi connectivity index (χ1n) is 8.36. The van der Waals surface area contributed by atoms with Crippen LogP contribution in [0, 0.1) is 12.8 Å². The molecule has 2 N–H and O–H groups in total. The molecule has 0 unspecified atom stereocenters. The number of aromatic nitrogens is 1. The average Bonchev–Trinajstić information content (AvgIpc) is 2.58. The van der Waals surface area contributed by atoms with Gasteiger partial charge in [0.05, 0.1) is 0 Å². The molecule has 7 heteroatoms. The molecule has 0 radical (unpaired) electrons. The van der Waals surface area contributed by atoms with E-state index in [1.807, 2.05) is 25.1 Å². The van der Waals surface area contributed by atoms with Crippen LogP contribution in [0.5, 0.6) is 0 Å². The molecule has 0 atom stereocenters. The average molecular weight is 334 g/mol. The van der Waals surface area contributed by atoms with Crippen molar-refractivity contribution >= 4 is 17.8 Å². The smallest absolute Gasteiger partial charge is 0.407 e. The summed E-state index contributed by atoms with van der Waals surface area (Å²) in [5.74, 6) is 1.22. The van der Waals surface area contributed by atoms with Crippen LogP contribution in [0.2, 0.25) is 0 Å². The first kappa shape index (κ1) is 18.0. The van der Waals surface area contributed by atoms with Gasteiger partial charge in [0.25, 0.3) is 0 Å². The van der Waals surface area contributed by atoms with Crippen molar-refractivity contribution in [2.24, 2.45) is 5.92 Å². The summed E-state index contributed by atoms with van der Waals surface area (Å²) in [6, 6.07) is 6.04. The van der Waals surface area contributed by atoms with Crippen LogP contribution in [0.25, 0.3) is 0 Å². The van der Waals surface area contributed by atoms with Crippen LogP contribution >= 0.6 is 0 Å². The van der Waals surface area contributed by atoms with Gasteiger partial charge in [0, 0.05) is 32.4 Å². The maximum Gasteiger partial charge on any atom is 0.407 e. The maximum atomic E-state index is 11.4. The third-order valence-corrected chi connectivity index (χ3v) is 4.50. The number of carbonyl (C=O) groups is 2. The lowest BCUT2D eigenvalue weighted by Crippen LogP contribution is -2.41. The molecule has 132 valence electrons. The molecule has 2 heterocycles. The van der Waals surface area contributed by atoms with E-state index in [4.69, 9.17) is 0 Å². The van der Waals surface area contributed by atoms with E-state index >= 15 is 0 Å². The molecule has 7 nitrogen and oxygen atoms in total. The number of pyridine rings is 1. The van der Waals surface area contributed by atoms with E-state index < -0.39 is 6.09 Å². The van der Waals surface area contributed by atoms with Gasteiger partial charge >= 0.3 is 6.09 Å². The fraction of sp³-hybridized carbons (Fsp3) is 0.588. The Hall–Kier alpha value is -2.31. The van der Waals surface area contributed by atoms with Gasteiger partial charge in [0.15, 0.2) is 0 Å². The van der Waals surface area contributed by atoms with Gasteiger partial charge in [0.1, 0.15) is 12.4 Å². The summed E-state index contributed by atoms with van der Waals surface area (Å²) in [5, 5.41) is 11.7. The Morgan fingerprint density at radius 3 is 2.67 bits per heavy atom. The van der Waals surface area contributed by atoms with E-state index in [1.165, 1.54) is 11.9 Å². The lowest BCUT2D eigenvalue weighted by atomic mass is 9.93. The molecule has 0 aromatic carbocycles. The first-order valence-corrected chi connectivity index (χ1v) is 8.36. The molecule has 1 fully saturated rings. The van der Waals surface area contributed by atoms with Gasteiger partial charge in [-0.1, -0.05) is 6.07 Å². The zero-order valence-corrected chi connectivity index (χ0v) is 14.4. The maximum absolute atomic E-state index is 11.4. The van der Waals surface area contributed by atoms with Crippen LogP contribution in [-0.2, 0) is 4.79 Å². The molecule has 2 rings (SSSR count). The topological polar surface area (TPSA) is 85.8 Å². The van der Waals surface area contributed by atoms with Gasteiger partial charge in [-0.15, -0.1) is 0 Å². The van der Waals surface area contributed by atoms with Crippen molar-refractivity contribution in [3.05, 3.63) is 23.9 Å². The van der Waals surface area contributed by atoms with Crippen LogP contribution in [0.15, 0.2) is 18.2 Å². The second kappa shape index (κ2) is 8.52. The van der Waals surface area contributed by atoms with Crippen molar-refractivity contribution < 1.29 is 14.7 Å². The third-order valence-electron chi connectivity index (χ3n) is 4.50. The minimum absolute atomic E-state index is 0.0993. The number of hydrogen-bond acceptors (Lipinski definition) is 4. The second-order valence-electron chi connectivity index (χ2n) is 6.23. The molecule has 1 aromatic rings. The molecule has 1 aliphatic rings. The monoisotopic (exact) mass is 334 g/mol. The number of hydrogen-bond donors (Lipinski definition) is 2. The van der Waals surface area contributed by atoms with Crippen LogP contribution in [0.4, 0.5) is 10.6 Å². The molecule has 0 bridgehead atoms. The summed E-state index contributed by atoms with van der Waals surface area (Å²) >= 11 is 0. The second-order valence-corrected chi connectivity index (χ2v) is 6.23. The number of aryl methyl sites for hydroxylation is 1. The molecule has 0 aliphatic carbocycles. The Kier molecular flexibility index (Phi) is 6.40. The Bertz CT molecular complexity index is 571. The summed E-state index contributed by atoms with van der Waals surface area (Å²) in [5.41, 5.74) is 1.01. The first-order chi connectivity index (χ1) is 11.5. The fourth-order valence-corrected chi connectivity index (χ4v) is 2.99. The minimum Gasteiger partial charge on any atom is -0.465 e. The van der Waals surface area contributed by atoms with E-state index in [9.17, 15) is 14.7 Å². The number of amides is 2. The normalized spacial score (nSPS) is 15.2. The summed E-state index contributed by atoms with van der Waals surface area (Å²) in [6.45, 7) is 4.16. The van der Waals surface area contributed by atoms with Crippen molar-refractivity contribution in [2.45, 2.75) is 26.2 Å². The SMILES string of the molecule is CNC(=O)CN(CCC1CCN(c2cccc(C)n2)CC1)C(=O)O. The number of rotatable bonds is 6. The largest absolute Gasteiger partial charge is 0.465 e. The fourth-order valence-electron chi connectivity index (χ4n) is 2.99. The minimum atomic E-state index is -1.04. The Labute approximate surface area is 142 Å². The van der Waals surface area contributed by atoms with Gasteiger partial charge in [-0.2, -0.15) is 0 Å². The number of nitrogens with zero attached hydrogens (tertiary/aromatic N) is 3. The van der Waals surface area contributed by atoms with E-state index in [2.05, 4.69) is 15.2 Å². The molecule has 0 saturated carbocycles. The van der Waals surface area contributed by atoms with E-state index in [-0.39, 0.29) is 12.5 Å². The van der Waals surface area contributed by atoms with E-state index in [0.29, 0.717) is 12.5 Å². The molecule has 1 saturated heterocycles. The number of likely N-dealkylation sites (N-methyl/N-ethyl adjacent to an activating group) is 1. The molecule has 1 aromatic heterocycles. The van der Waals surface area contributed by atoms with Gasteiger partial charge in [-0.25, -0.2) is 9.78 Å². The molecule has 2 amide bonds. The molecular weight excluding hydrogens is 308 g/mol. The summed E-state index contributed by atoms with van der Waals surface area (Å²) in [4.78, 5) is 30.6. The van der Waals surface area contributed by atoms with Crippen LogP contribution < -0.4 is 10.2 Å². The summed E-state index contributed by atoms with van der Waals surface area (Å²) in [6.07, 6.45) is 1.78. The lowest BCUT2D eigenvalue weighted by Gasteiger charge is -2.33. The Morgan fingerprint density at radius 2 is 2.08 bits per heavy atom. The third kappa shape index (κ3) is 5.11. The summed E-state index contributed by atoms with van der Waals surface area (Å²) in [7, 11) is 1.51. The quantitative estimate of drug-likeness (QED) is 0.827. The number of carboxylic acid groups (broad SMARTS) is 1.